The fourth-order valence-electron chi connectivity index (χ4n) is 1.29. The second-order valence-corrected chi connectivity index (χ2v) is 5.13. The Kier molecular flexibility index (Phi) is 7.19. The highest BCUT2D eigenvalue weighted by atomic mass is 19.4. The second-order valence-electron chi connectivity index (χ2n) is 5.13. The van der Waals surface area contributed by atoms with E-state index in [1.807, 2.05) is 26.0 Å². The number of aliphatic imine (C=N–C) groups is 1. The monoisotopic (exact) mass is 331 g/mol. The maximum atomic E-state index is 11.2. The van der Waals surface area contributed by atoms with Gasteiger partial charge in [0.1, 0.15) is 0 Å². The first-order valence-corrected chi connectivity index (χ1v) is 5.49. The van der Waals surface area contributed by atoms with E-state index >= 15 is 0 Å². The molecule has 0 aromatic carbocycles. The molecule has 21 heavy (non-hydrogen) atoms. The van der Waals surface area contributed by atoms with Gasteiger partial charge in [-0.25, -0.2) is 13.8 Å². The number of alkyl halides is 5. The molecule has 0 aliphatic rings. The zero-order chi connectivity index (χ0) is 17.9. The van der Waals surface area contributed by atoms with Crippen LogP contribution in [0.15, 0.2) is 4.99 Å². The summed E-state index contributed by atoms with van der Waals surface area (Å²) in [7, 11) is 12.1. The van der Waals surface area contributed by atoms with Gasteiger partial charge in [-0.05, 0) is 0 Å². The van der Waals surface area contributed by atoms with Crippen molar-refractivity contribution in [3.8, 4) is 0 Å². The van der Waals surface area contributed by atoms with Crippen LogP contribution in [0.1, 0.15) is 0 Å². The molecule has 0 N–H and O–H groups in total. The van der Waals surface area contributed by atoms with E-state index in [9.17, 15) is 34.9 Å². The van der Waals surface area contributed by atoms with Crippen molar-refractivity contribution in [1.82, 2.24) is 4.90 Å². The molecule has 0 radical (unpaired) electrons. The lowest BCUT2D eigenvalue weighted by molar-refractivity contribution is -0.782. The van der Waals surface area contributed by atoms with Crippen LogP contribution in [0, 0.1) is 0 Å². The van der Waals surface area contributed by atoms with Gasteiger partial charge in [-0.2, -0.15) is 13.2 Å². The molecule has 12 heteroatoms. The van der Waals surface area contributed by atoms with Gasteiger partial charge in [0.15, 0.2) is 0 Å². The van der Waals surface area contributed by atoms with Gasteiger partial charge in [0.2, 0.25) is 0 Å². The van der Waals surface area contributed by atoms with Crippen molar-refractivity contribution in [3.63, 3.8) is 0 Å². The molecule has 0 aromatic heterocycles. The molecule has 0 bridgehead atoms. The maximum absolute atomic E-state index is 11.2. The van der Waals surface area contributed by atoms with Crippen LogP contribution in [0.2, 0.25) is 0 Å². The summed E-state index contributed by atoms with van der Waals surface area (Å²) in [5.41, 5.74) is 0. The summed E-state index contributed by atoms with van der Waals surface area (Å²) in [5, 5.41) is 0. The molecule has 0 rings (SSSR count). The fourth-order valence-corrected chi connectivity index (χ4v) is 1.29. The lowest BCUT2D eigenvalue weighted by atomic mass is 9.80. The van der Waals surface area contributed by atoms with Crippen LogP contribution in [-0.2, 0) is 0 Å². The minimum absolute atomic E-state index is 0.767. The van der Waals surface area contributed by atoms with Crippen LogP contribution in [0.3, 0.4) is 0 Å². The number of halogens is 8. The first-order valence-electron chi connectivity index (χ1n) is 5.49. The molecule has 128 valence electrons. The van der Waals surface area contributed by atoms with Crippen LogP contribution in [-0.4, -0.2) is 76.6 Å². The Morgan fingerprint density at radius 1 is 0.952 bits per heavy atom. The number of guanidine groups is 1. The zero-order valence-electron chi connectivity index (χ0n) is 12.4. The standard InChI is InChI=1S/C7H18N3.C2BF8/c1-8-7(9(2)3)10(4,5)6;4-1(5,2(6,7)8)3(9,10)11/h1-6H3;/q+1;-1. The summed E-state index contributed by atoms with van der Waals surface area (Å²) in [4.78, 5) is 6.20. The van der Waals surface area contributed by atoms with Gasteiger partial charge in [-0.15, -0.1) is 0 Å². The fraction of sp³-hybridized carbons (Fsp3) is 0.889. The number of rotatable bonds is 1. The predicted molar refractivity (Wildman–Crippen MR) is 65.2 cm³/mol. The van der Waals surface area contributed by atoms with Crippen molar-refractivity contribution >= 4 is 12.9 Å². The SMILES string of the molecule is CN=C(N(C)C)[N+](C)(C)C.F[B-](F)(F)C(F)(F)C(F)(F)F. The summed E-state index contributed by atoms with van der Waals surface area (Å²) in [6, 6.07) is 0. The molecule has 0 amide bonds. The van der Waals surface area contributed by atoms with Gasteiger partial charge in [-0.3, -0.25) is 4.48 Å². The lowest BCUT2D eigenvalue weighted by Crippen LogP contribution is -2.53. The Hall–Kier alpha value is -1.07. The Morgan fingerprint density at radius 2 is 1.29 bits per heavy atom. The highest BCUT2D eigenvalue weighted by Crippen LogP contribution is 2.43. The highest BCUT2D eigenvalue weighted by molar-refractivity contribution is 6.61. The molecule has 0 saturated heterocycles. The van der Waals surface area contributed by atoms with Gasteiger partial charge in [-0.1, -0.05) is 0 Å². The molecule has 0 atom stereocenters. The third-order valence-corrected chi connectivity index (χ3v) is 1.99. The number of nitrogens with zero attached hydrogens (tertiary/aromatic N) is 3. The Morgan fingerprint density at radius 3 is 1.29 bits per heavy atom. The quantitative estimate of drug-likeness (QED) is 0.237. The van der Waals surface area contributed by atoms with Gasteiger partial charge >= 0.3 is 19.0 Å². The smallest absolute Gasteiger partial charge is 0.445 e. The summed E-state index contributed by atoms with van der Waals surface area (Å²) in [5.74, 6) is -5.49. The van der Waals surface area contributed by atoms with Crippen LogP contribution in [0.25, 0.3) is 0 Å². The first kappa shape index (κ1) is 22.2. The average Bonchev–Trinajstić information content (AvgIpc) is 2.12. The predicted octanol–water partition coefficient (Wildman–Crippen LogP) is 2.81. The summed E-state index contributed by atoms with van der Waals surface area (Å²) in [6.45, 7) is -7.21. The number of hydrogen-bond donors (Lipinski definition) is 0. The third kappa shape index (κ3) is 6.49. The van der Waals surface area contributed by atoms with Crippen molar-refractivity contribution < 1.29 is 39.4 Å². The molecular formula is C9H18BF8N3. The van der Waals surface area contributed by atoms with E-state index in [1.54, 1.807) is 0 Å². The summed E-state index contributed by atoms with van der Waals surface area (Å²) >= 11 is 0. The van der Waals surface area contributed by atoms with Gasteiger partial charge in [0.05, 0.1) is 21.1 Å². The molecule has 0 fully saturated rings. The van der Waals surface area contributed by atoms with Crippen molar-refractivity contribution in [2.24, 2.45) is 4.99 Å². The average molecular weight is 331 g/mol. The van der Waals surface area contributed by atoms with Crippen LogP contribution in [0.4, 0.5) is 34.9 Å². The van der Waals surface area contributed by atoms with Gasteiger partial charge in [0, 0.05) is 21.1 Å². The van der Waals surface area contributed by atoms with Crippen LogP contribution in [0.5, 0.6) is 0 Å². The molecule has 0 unspecified atom stereocenters. The Balaban J connectivity index is 0. The van der Waals surface area contributed by atoms with E-state index in [2.05, 4.69) is 26.1 Å². The Bertz CT molecular complexity index is 337. The van der Waals surface area contributed by atoms with E-state index in [0.29, 0.717) is 0 Å². The maximum Gasteiger partial charge on any atom is 0.558 e. The number of quaternary nitrogens is 1. The first-order chi connectivity index (χ1) is 8.89. The molecule has 0 spiro atoms. The van der Waals surface area contributed by atoms with Gasteiger partial charge < -0.3 is 17.8 Å². The molecule has 3 nitrogen and oxygen atoms in total. The summed E-state index contributed by atoms with van der Waals surface area (Å²) < 4.78 is 88.6. The van der Waals surface area contributed by atoms with E-state index < -0.39 is 19.0 Å². The summed E-state index contributed by atoms with van der Waals surface area (Å²) in [6.07, 6.45) is -6.55. The molecule has 0 saturated carbocycles. The molecule has 0 aliphatic heterocycles. The zero-order valence-corrected chi connectivity index (χ0v) is 12.4. The van der Waals surface area contributed by atoms with Crippen LogP contribution < -0.4 is 0 Å². The van der Waals surface area contributed by atoms with Crippen molar-refractivity contribution in [2.75, 3.05) is 42.3 Å². The van der Waals surface area contributed by atoms with E-state index in [1.165, 1.54) is 0 Å². The lowest BCUT2D eigenvalue weighted by Gasteiger charge is -2.28. The highest BCUT2D eigenvalue weighted by Gasteiger charge is 2.69. The minimum atomic E-state index is -7.21. The third-order valence-electron chi connectivity index (χ3n) is 1.99. The molecule has 0 aromatic rings. The van der Waals surface area contributed by atoms with Crippen molar-refractivity contribution in [1.29, 1.82) is 0 Å². The van der Waals surface area contributed by atoms with Crippen molar-refractivity contribution in [2.45, 2.75) is 12.0 Å². The van der Waals surface area contributed by atoms with E-state index in [-0.39, 0.29) is 0 Å². The molecular weight excluding hydrogens is 313 g/mol. The van der Waals surface area contributed by atoms with Crippen molar-refractivity contribution in [3.05, 3.63) is 0 Å². The van der Waals surface area contributed by atoms with Crippen LogP contribution >= 0.6 is 0 Å². The number of hydrogen-bond acceptors (Lipinski definition) is 1. The topological polar surface area (TPSA) is 15.6 Å². The molecule has 0 aliphatic carbocycles. The second kappa shape index (κ2) is 6.80. The normalized spacial score (nSPS) is 14.5. The molecule has 0 heterocycles. The van der Waals surface area contributed by atoms with Gasteiger partial charge in [0.25, 0.3) is 5.96 Å². The van der Waals surface area contributed by atoms with E-state index in [4.69, 9.17) is 0 Å². The Labute approximate surface area is 117 Å². The largest absolute Gasteiger partial charge is 0.558 e. The minimum Gasteiger partial charge on any atom is -0.445 e. The van der Waals surface area contributed by atoms with E-state index in [0.717, 1.165) is 10.4 Å².